The van der Waals surface area contributed by atoms with Crippen LogP contribution in [-0.2, 0) is 4.74 Å². The monoisotopic (exact) mass is 143 g/mol. The second-order valence-electron chi connectivity index (χ2n) is 2.72. The van der Waals surface area contributed by atoms with E-state index < -0.39 is 0 Å². The Balaban J connectivity index is 3.22. The normalized spacial score (nSPS) is 10.4. The van der Waals surface area contributed by atoms with E-state index in [4.69, 9.17) is 4.74 Å². The largest absolute Gasteiger partial charge is 0.380 e. The first-order valence-corrected chi connectivity index (χ1v) is 3.55. The highest BCUT2D eigenvalue weighted by Crippen LogP contribution is 1.88. The van der Waals surface area contributed by atoms with Crippen molar-refractivity contribution in [1.29, 1.82) is 0 Å². The average Bonchev–Trinajstić information content (AvgIpc) is 1.85. The summed E-state index contributed by atoms with van der Waals surface area (Å²) >= 11 is 0. The Morgan fingerprint density at radius 3 is 2.60 bits per heavy atom. The van der Waals surface area contributed by atoms with Gasteiger partial charge in [0.1, 0.15) is 0 Å². The van der Waals surface area contributed by atoms with Gasteiger partial charge in [-0.3, -0.25) is 0 Å². The molecule has 0 heterocycles. The van der Waals surface area contributed by atoms with Crippen molar-refractivity contribution in [3.63, 3.8) is 0 Å². The quantitative estimate of drug-likeness (QED) is 0.584. The summed E-state index contributed by atoms with van der Waals surface area (Å²) in [5.74, 6) is 0. The molecule has 0 saturated carbocycles. The molecule has 0 bridgehead atoms. The summed E-state index contributed by atoms with van der Waals surface area (Å²) < 4.78 is 4.90. The fraction of sp³-hybridized carbons (Fsp3) is 0.750. The molecule has 0 aliphatic carbocycles. The first-order chi connectivity index (χ1) is 4.66. The highest BCUT2D eigenvalue weighted by atomic mass is 16.5. The van der Waals surface area contributed by atoms with Crippen LogP contribution < -0.4 is 5.32 Å². The predicted octanol–water partition coefficient (Wildman–Crippen LogP) is 1.19. The SMILES string of the molecule is C=C(CNC(C)C)COC. The van der Waals surface area contributed by atoms with E-state index in [2.05, 4.69) is 25.7 Å². The lowest BCUT2D eigenvalue weighted by Gasteiger charge is -2.08. The van der Waals surface area contributed by atoms with Gasteiger partial charge in [-0.25, -0.2) is 0 Å². The summed E-state index contributed by atoms with van der Waals surface area (Å²) in [5.41, 5.74) is 1.09. The van der Waals surface area contributed by atoms with Crippen molar-refractivity contribution >= 4 is 0 Å². The van der Waals surface area contributed by atoms with E-state index in [1.54, 1.807) is 7.11 Å². The van der Waals surface area contributed by atoms with Crippen molar-refractivity contribution in [3.8, 4) is 0 Å². The van der Waals surface area contributed by atoms with Gasteiger partial charge in [0, 0.05) is 19.7 Å². The van der Waals surface area contributed by atoms with Gasteiger partial charge in [0.2, 0.25) is 0 Å². The Morgan fingerprint density at radius 2 is 2.20 bits per heavy atom. The van der Waals surface area contributed by atoms with Crippen LogP contribution >= 0.6 is 0 Å². The van der Waals surface area contributed by atoms with Gasteiger partial charge in [-0.15, -0.1) is 0 Å². The molecule has 0 aliphatic heterocycles. The maximum Gasteiger partial charge on any atom is 0.0682 e. The molecule has 0 fully saturated rings. The summed E-state index contributed by atoms with van der Waals surface area (Å²) in [7, 11) is 1.68. The number of nitrogens with one attached hydrogen (secondary N) is 1. The Labute approximate surface area is 63.3 Å². The minimum atomic E-state index is 0.522. The number of methoxy groups -OCH3 is 1. The summed E-state index contributed by atoms with van der Waals surface area (Å²) in [4.78, 5) is 0. The van der Waals surface area contributed by atoms with Crippen LogP contribution in [0.1, 0.15) is 13.8 Å². The third-order valence-electron chi connectivity index (χ3n) is 1.11. The maximum absolute atomic E-state index is 4.90. The van der Waals surface area contributed by atoms with E-state index in [-0.39, 0.29) is 0 Å². The fourth-order valence-corrected chi connectivity index (χ4v) is 0.604. The second kappa shape index (κ2) is 5.45. The predicted molar refractivity (Wildman–Crippen MR) is 44.2 cm³/mol. The van der Waals surface area contributed by atoms with Crippen LogP contribution in [0.15, 0.2) is 12.2 Å². The molecule has 0 aromatic heterocycles. The van der Waals surface area contributed by atoms with E-state index in [0.717, 1.165) is 12.1 Å². The van der Waals surface area contributed by atoms with Crippen LogP contribution in [0.4, 0.5) is 0 Å². The van der Waals surface area contributed by atoms with Crippen LogP contribution in [0.3, 0.4) is 0 Å². The first kappa shape index (κ1) is 9.66. The summed E-state index contributed by atoms with van der Waals surface area (Å²) in [6, 6.07) is 0.522. The number of hydrogen-bond acceptors (Lipinski definition) is 2. The maximum atomic E-state index is 4.90. The molecule has 0 radical (unpaired) electrons. The number of rotatable bonds is 5. The highest BCUT2D eigenvalue weighted by Gasteiger charge is 1.94. The zero-order chi connectivity index (χ0) is 7.98. The van der Waals surface area contributed by atoms with Crippen LogP contribution in [0.25, 0.3) is 0 Å². The second-order valence-corrected chi connectivity index (χ2v) is 2.72. The minimum absolute atomic E-state index is 0.522. The van der Waals surface area contributed by atoms with E-state index in [1.807, 2.05) is 0 Å². The molecule has 0 unspecified atom stereocenters. The molecule has 0 amide bonds. The molecule has 0 rings (SSSR count). The Hall–Kier alpha value is -0.340. The molecule has 0 aromatic carbocycles. The zero-order valence-electron chi connectivity index (χ0n) is 7.11. The third kappa shape index (κ3) is 5.79. The molecule has 2 heteroatoms. The van der Waals surface area contributed by atoms with Crippen molar-refractivity contribution in [3.05, 3.63) is 12.2 Å². The van der Waals surface area contributed by atoms with Crippen LogP contribution in [0.5, 0.6) is 0 Å². The number of hydrogen-bond donors (Lipinski definition) is 1. The van der Waals surface area contributed by atoms with Gasteiger partial charge in [-0.05, 0) is 5.57 Å². The van der Waals surface area contributed by atoms with Gasteiger partial charge in [0.25, 0.3) is 0 Å². The molecule has 0 aliphatic rings. The number of ether oxygens (including phenoxy) is 1. The Bertz CT molecular complexity index is 99.4. The lowest BCUT2D eigenvalue weighted by Crippen LogP contribution is -2.25. The van der Waals surface area contributed by atoms with Crippen molar-refractivity contribution in [2.24, 2.45) is 0 Å². The Kier molecular flexibility index (Phi) is 5.26. The highest BCUT2D eigenvalue weighted by molar-refractivity contribution is 4.96. The molecule has 10 heavy (non-hydrogen) atoms. The lowest BCUT2D eigenvalue weighted by molar-refractivity contribution is 0.223. The van der Waals surface area contributed by atoms with Gasteiger partial charge in [-0.1, -0.05) is 20.4 Å². The molecule has 2 nitrogen and oxygen atoms in total. The molecule has 0 atom stereocenters. The summed E-state index contributed by atoms with van der Waals surface area (Å²) in [6.07, 6.45) is 0. The summed E-state index contributed by atoms with van der Waals surface area (Å²) in [5, 5.41) is 3.25. The fourth-order valence-electron chi connectivity index (χ4n) is 0.604. The molecule has 60 valence electrons. The van der Waals surface area contributed by atoms with Crippen LogP contribution in [-0.4, -0.2) is 26.3 Å². The smallest absolute Gasteiger partial charge is 0.0682 e. The van der Waals surface area contributed by atoms with E-state index >= 15 is 0 Å². The van der Waals surface area contributed by atoms with Gasteiger partial charge in [0.15, 0.2) is 0 Å². The van der Waals surface area contributed by atoms with Crippen LogP contribution in [0.2, 0.25) is 0 Å². The topological polar surface area (TPSA) is 21.3 Å². The minimum Gasteiger partial charge on any atom is -0.380 e. The van der Waals surface area contributed by atoms with E-state index in [0.29, 0.717) is 12.6 Å². The first-order valence-electron chi connectivity index (χ1n) is 3.55. The molecule has 0 aromatic rings. The van der Waals surface area contributed by atoms with Gasteiger partial charge < -0.3 is 10.1 Å². The van der Waals surface area contributed by atoms with Crippen molar-refractivity contribution in [2.45, 2.75) is 19.9 Å². The molecular weight excluding hydrogens is 126 g/mol. The van der Waals surface area contributed by atoms with Gasteiger partial charge in [-0.2, -0.15) is 0 Å². The Morgan fingerprint density at radius 1 is 1.60 bits per heavy atom. The van der Waals surface area contributed by atoms with Crippen molar-refractivity contribution < 1.29 is 4.74 Å². The lowest BCUT2D eigenvalue weighted by atomic mass is 10.3. The van der Waals surface area contributed by atoms with Crippen LogP contribution in [0, 0.1) is 0 Å². The van der Waals surface area contributed by atoms with E-state index in [9.17, 15) is 0 Å². The van der Waals surface area contributed by atoms with Gasteiger partial charge >= 0.3 is 0 Å². The van der Waals surface area contributed by atoms with E-state index in [1.165, 1.54) is 0 Å². The molecule has 0 spiro atoms. The summed E-state index contributed by atoms with van der Waals surface area (Å²) in [6.45, 7) is 9.56. The molecule has 0 saturated heterocycles. The average molecular weight is 143 g/mol. The van der Waals surface area contributed by atoms with Gasteiger partial charge in [0.05, 0.1) is 6.61 Å². The third-order valence-corrected chi connectivity index (χ3v) is 1.11. The zero-order valence-corrected chi connectivity index (χ0v) is 7.11. The molecular formula is C8H17NO. The molecule has 1 N–H and O–H groups in total. The van der Waals surface area contributed by atoms with Crippen molar-refractivity contribution in [1.82, 2.24) is 5.32 Å². The van der Waals surface area contributed by atoms with Crippen molar-refractivity contribution in [2.75, 3.05) is 20.3 Å². The standard InChI is InChI=1S/C8H17NO/c1-7(2)9-5-8(3)6-10-4/h7,9H,3,5-6H2,1-2,4H3.